The predicted molar refractivity (Wildman–Crippen MR) is 36.2 cm³/mol. The maximum absolute atomic E-state index is 4.15. The summed E-state index contributed by atoms with van der Waals surface area (Å²) in [6.45, 7) is 0. The molecule has 40 valence electrons. The molecule has 0 fully saturated rings. The highest BCUT2D eigenvalue weighted by atomic mass is 32.1. The van der Waals surface area contributed by atoms with Crippen LogP contribution in [0.2, 0.25) is 0 Å². The average molecular weight is 123 g/mol. The summed E-state index contributed by atoms with van der Waals surface area (Å²) in [5, 5.41) is 3.28. The summed E-state index contributed by atoms with van der Waals surface area (Å²) in [6.07, 6.45) is 3.00. The summed E-state index contributed by atoms with van der Waals surface area (Å²) in [6, 6.07) is 2.13. The van der Waals surface area contributed by atoms with Crippen molar-refractivity contribution in [1.82, 2.24) is 0 Å². The van der Waals surface area contributed by atoms with E-state index in [-0.39, 0.29) is 0 Å². The van der Waals surface area contributed by atoms with Crippen LogP contribution >= 0.6 is 11.3 Å². The van der Waals surface area contributed by atoms with Gasteiger partial charge in [-0.05, 0) is 17.0 Å². The molecule has 0 bridgehead atoms. The van der Waals surface area contributed by atoms with Crippen molar-refractivity contribution in [1.29, 1.82) is 0 Å². The molecule has 0 aromatic carbocycles. The number of fused-ring (bicyclic) bond motifs is 1. The second-order valence-electron chi connectivity index (χ2n) is 1.77. The number of aliphatic imine (C=N–C) groups is 1. The van der Waals surface area contributed by atoms with Crippen molar-refractivity contribution in [3.05, 3.63) is 17.0 Å². The summed E-state index contributed by atoms with van der Waals surface area (Å²) in [5.74, 6) is 0. The quantitative estimate of drug-likeness (QED) is 0.500. The Morgan fingerprint density at radius 2 is 2.62 bits per heavy atom. The standard InChI is InChI=1S/C6H5NS/c1-3-7-6-5(1)2-4-8-6/h2-4H,1H2. The third-order valence-electron chi connectivity index (χ3n) is 1.24. The molecule has 0 saturated carbocycles. The van der Waals surface area contributed by atoms with Crippen LogP contribution < -0.4 is 0 Å². The fourth-order valence-electron chi connectivity index (χ4n) is 0.823. The molecule has 0 saturated heterocycles. The van der Waals surface area contributed by atoms with Gasteiger partial charge in [-0.25, -0.2) is 4.99 Å². The van der Waals surface area contributed by atoms with Crippen LogP contribution in [0.5, 0.6) is 0 Å². The molecule has 0 N–H and O–H groups in total. The van der Waals surface area contributed by atoms with E-state index in [2.05, 4.69) is 16.4 Å². The van der Waals surface area contributed by atoms with E-state index < -0.39 is 0 Å². The summed E-state index contributed by atoms with van der Waals surface area (Å²) in [5.41, 5.74) is 1.38. The monoisotopic (exact) mass is 123 g/mol. The summed E-state index contributed by atoms with van der Waals surface area (Å²) in [7, 11) is 0. The maximum atomic E-state index is 4.15. The molecular formula is C6H5NS. The number of hydrogen-bond donors (Lipinski definition) is 0. The van der Waals surface area contributed by atoms with Crippen molar-refractivity contribution in [2.75, 3.05) is 0 Å². The van der Waals surface area contributed by atoms with Crippen LogP contribution in [0, 0.1) is 0 Å². The fourth-order valence-corrected chi connectivity index (χ4v) is 1.62. The Morgan fingerprint density at radius 1 is 1.62 bits per heavy atom. The van der Waals surface area contributed by atoms with Crippen LogP contribution in [-0.4, -0.2) is 6.21 Å². The van der Waals surface area contributed by atoms with Gasteiger partial charge in [0.2, 0.25) is 0 Å². The van der Waals surface area contributed by atoms with Gasteiger partial charge in [-0.15, -0.1) is 11.3 Å². The second-order valence-corrected chi connectivity index (χ2v) is 2.66. The minimum Gasteiger partial charge on any atom is -0.250 e. The minimum absolute atomic E-state index is 1.04. The molecule has 2 heterocycles. The molecule has 0 radical (unpaired) electrons. The summed E-state index contributed by atoms with van der Waals surface area (Å²) >= 11 is 1.71. The van der Waals surface area contributed by atoms with E-state index >= 15 is 0 Å². The first kappa shape index (κ1) is 4.27. The molecule has 1 aliphatic heterocycles. The largest absolute Gasteiger partial charge is 0.250 e. The Bertz CT molecular complexity index is 224. The van der Waals surface area contributed by atoms with Crippen molar-refractivity contribution < 1.29 is 0 Å². The molecule has 2 heteroatoms. The van der Waals surface area contributed by atoms with Gasteiger partial charge in [0.1, 0.15) is 5.00 Å². The topological polar surface area (TPSA) is 12.4 Å². The van der Waals surface area contributed by atoms with Gasteiger partial charge in [0.25, 0.3) is 0 Å². The van der Waals surface area contributed by atoms with Gasteiger partial charge in [0.15, 0.2) is 0 Å². The third kappa shape index (κ3) is 0.434. The van der Waals surface area contributed by atoms with Crippen LogP contribution in [0.3, 0.4) is 0 Å². The van der Waals surface area contributed by atoms with E-state index in [0.29, 0.717) is 0 Å². The first-order valence-corrected chi connectivity index (χ1v) is 3.44. The molecule has 2 rings (SSSR count). The van der Waals surface area contributed by atoms with Crippen molar-refractivity contribution in [2.24, 2.45) is 4.99 Å². The van der Waals surface area contributed by atoms with Gasteiger partial charge >= 0.3 is 0 Å². The molecule has 8 heavy (non-hydrogen) atoms. The van der Waals surface area contributed by atoms with Gasteiger partial charge < -0.3 is 0 Å². The van der Waals surface area contributed by atoms with Gasteiger partial charge in [0, 0.05) is 12.6 Å². The number of rotatable bonds is 0. The third-order valence-corrected chi connectivity index (χ3v) is 2.11. The Labute approximate surface area is 51.7 Å². The molecule has 0 unspecified atom stereocenters. The molecule has 1 nitrogen and oxygen atoms in total. The van der Waals surface area contributed by atoms with Gasteiger partial charge in [0.05, 0.1) is 0 Å². The van der Waals surface area contributed by atoms with Crippen molar-refractivity contribution in [3.8, 4) is 0 Å². The molecule has 0 amide bonds. The van der Waals surface area contributed by atoms with E-state index in [0.717, 1.165) is 6.42 Å². The first-order chi connectivity index (χ1) is 3.97. The van der Waals surface area contributed by atoms with Gasteiger partial charge in [-0.3, -0.25) is 0 Å². The SMILES string of the molecule is C1=Nc2sccc2C1. The molecule has 1 aromatic heterocycles. The molecule has 0 atom stereocenters. The smallest absolute Gasteiger partial charge is 0.119 e. The van der Waals surface area contributed by atoms with Crippen molar-refractivity contribution >= 4 is 22.6 Å². The van der Waals surface area contributed by atoms with E-state index in [1.54, 1.807) is 11.3 Å². The zero-order valence-electron chi connectivity index (χ0n) is 4.29. The number of thiophene rings is 1. The minimum atomic E-state index is 1.04. The second kappa shape index (κ2) is 1.42. The van der Waals surface area contributed by atoms with Gasteiger partial charge in [-0.1, -0.05) is 0 Å². The average Bonchev–Trinajstić information content (AvgIpc) is 2.15. The molecular weight excluding hydrogens is 118 g/mol. The lowest BCUT2D eigenvalue weighted by atomic mass is 10.3. The normalized spacial score (nSPS) is 14.5. The lowest BCUT2D eigenvalue weighted by molar-refractivity contribution is 1.46. The highest BCUT2D eigenvalue weighted by molar-refractivity contribution is 7.14. The van der Waals surface area contributed by atoms with Crippen molar-refractivity contribution in [2.45, 2.75) is 6.42 Å². The highest BCUT2D eigenvalue weighted by Crippen LogP contribution is 2.29. The van der Waals surface area contributed by atoms with Crippen LogP contribution in [-0.2, 0) is 6.42 Å². The van der Waals surface area contributed by atoms with E-state index in [1.807, 2.05) is 6.21 Å². The number of nitrogens with zero attached hydrogens (tertiary/aromatic N) is 1. The lowest BCUT2D eigenvalue weighted by Gasteiger charge is -1.77. The molecule has 1 aliphatic rings. The zero-order valence-corrected chi connectivity index (χ0v) is 5.11. The fraction of sp³-hybridized carbons (Fsp3) is 0.167. The Balaban J connectivity index is 2.67. The maximum Gasteiger partial charge on any atom is 0.119 e. The predicted octanol–water partition coefficient (Wildman–Crippen LogP) is 2.01. The molecule has 1 aromatic rings. The number of hydrogen-bond acceptors (Lipinski definition) is 2. The van der Waals surface area contributed by atoms with Crippen LogP contribution in [0.25, 0.3) is 0 Å². The first-order valence-electron chi connectivity index (χ1n) is 2.56. The highest BCUT2D eigenvalue weighted by Gasteiger charge is 2.04. The van der Waals surface area contributed by atoms with Crippen LogP contribution in [0.4, 0.5) is 5.00 Å². The van der Waals surface area contributed by atoms with E-state index in [9.17, 15) is 0 Å². The summed E-state index contributed by atoms with van der Waals surface area (Å²) < 4.78 is 0. The molecule has 0 spiro atoms. The van der Waals surface area contributed by atoms with Crippen LogP contribution in [0.15, 0.2) is 16.4 Å². The van der Waals surface area contributed by atoms with Crippen molar-refractivity contribution in [3.63, 3.8) is 0 Å². The van der Waals surface area contributed by atoms with Crippen LogP contribution in [0.1, 0.15) is 5.56 Å². The Morgan fingerprint density at radius 3 is 3.50 bits per heavy atom. The molecule has 0 aliphatic carbocycles. The zero-order chi connectivity index (χ0) is 5.40. The lowest BCUT2D eigenvalue weighted by Crippen LogP contribution is -1.70. The Hall–Kier alpha value is -0.630. The van der Waals surface area contributed by atoms with E-state index in [1.165, 1.54) is 10.6 Å². The summed E-state index contributed by atoms with van der Waals surface area (Å²) in [4.78, 5) is 4.15. The Kier molecular flexibility index (Phi) is 0.758. The van der Waals surface area contributed by atoms with Gasteiger partial charge in [-0.2, -0.15) is 0 Å². The van der Waals surface area contributed by atoms with E-state index in [4.69, 9.17) is 0 Å².